The van der Waals surface area contributed by atoms with E-state index < -0.39 is 30.7 Å². The second kappa shape index (κ2) is 4.87. The number of aromatic nitrogens is 4. The van der Waals surface area contributed by atoms with Crippen molar-refractivity contribution in [1.82, 2.24) is 19.5 Å². The van der Waals surface area contributed by atoms with Crippen molar-refractivity contribution < 1.29 is 19.3 Å². The number of anilines is 2. The summed E-state index contributed by atoms with van der Waals surface area (Å²) < 4.78 is 21.2. The molecule has 0 aromatic carbocycles. The average Bonchev–Trinajstić information content (AvgIpc) is 3.01. The minimum Gasteiger partial charge on any atom is -0.393 e. The number of rotatable bonds is 3. The van der Waals surface area contributed by atoms with Gasteiger partial charge in [-0.3, -0.25) is 4.57 Å². The highest BCUT2D eigenvalue weighted by atomic mass is 19.1. The van der Waals surface area contributed by atoms with E-state index in [9.17, 15) is 14.6 Å². The molecule has 0 amide bonds. The molecule has 1 fully saturated rings. The molecule has 1 aliphatic rings. The van der Waals surface area contributed by atoms with Crippen LogP contribution in [0.3, 0.4) is 0 Å². The largest absolute Gasteiger partial charge is 0.393 e. The molecular formula is C12H15FN6O3. The summed E-state index contributed by atoms with van der Waals surface area (Å²) >= 11 is 0. The number of aliphatic hydroxyl groups is 2. The first-order valence-corrected chi connectivity index (χ1v) is 6.43. The predicted octanol–water partition coefficient (Wildman–Crippen LogP) is -0.864. The van der Waals surface area contributed by atoms with Crippen LogP contribution >= 0.6 is 0 Å². The van der Waals surface area contributed by atoms with Crippen molar-refractivity contribution in [1.29, 1.82) is 0 Å². The number of halogens is 1. The molecule has 1 saturated heterocycles. The van der Waals surface area contributed by atoms with Gasteiger partial charge >= 0.3 is 0 Å². The Morgan fingerprint density at radius 2 is 2.23 bits per heavy atom. The summed E-state index contributed by atoms with van der Waals surface area (Å²) in [6.45, 7) is 2.85. The van der Waals surface area contributed by atoms with Crippen LogP contribution in [0.25, 0.3) is 11.2 Å². The molecule has 0 unspecified atom stereocenters. The summed E-state index contributed by atoms with van der Waals surface area (Å²) in [4.78, 5) is 11.7. The van der Waals surface area contributed by atoms with Crippen molar-refractivity contribution in [3.63, 3.8) is 0 Å². The number of imidazole rings is 1. The number of aliphatic hydroxyl groups excluding tert-OH is 2. The lowest BCUT2D eigenvalue weighted by atomic mass is 9.97. The minimum atomic E-state index is -1.83. The van der Waals surface area contributed by atoms with E-state index >= 15 is 0 Å². The Hall–Kier alpha value is -2.30. The second-order valence-corrected chi connectivity index (χ2v) is 5.01. The molecule has 2 aromatic heterocycles. The van der Waals surface area contributed by atoms with Crippen LogP contribution in [0.2, 0.25) is 0 Å². The van der Waals surface area contributed by atoms with Crippen LogP contribution in [0.5, 0.6) is 0 Å². The lowest BCUT2D eigenvalue weighted by Crippen LogP contribution is -2.43. The maximum atomic E-state index is 14.5. The van der Waals surface area contributed by atoms with Crippen LogP contribution < -0.4 is 11.5 Å². The van der Waals surface area contributed by atoms with Crippen molar-refractivity contribution >= 4 is 22.9 Å². The number of ether oxygens (including phenoxy) is 1. The van der Waals surface area contributed by atoms with Crippen LogP contribution in [0.1, 0.15) is 6.23 Å². The van der Waals surface area contributed by atoms with Gasteiger partial charge in [0.25, 0.3) is 0 Å². The topological polar surface area (TPSA) is 145 Å². The van der Waals surface area contributed by atoms with E-state index in [-0.39, 0.29) is 22.9 Å². The van der Waals surface area contributed by atoms with Gasteiger partial charge in [-0.25, -0.2) is 9.37 Å². The number of hydrogen-bond donors (Lipinski definition) is 4. The Balaban J connectivity index is 2.11. The van der Waals surface area contributed by atoms with Crippen LogP contribution in [0.15, 0.2) is 19.0 Å². The third kappa shape index (κ3) is 1.85. The van der Waals surface area contributed by atoms with Crippen molar-refractivity contribution in [2.24, 2.45) is 0 Å². The van der Waals surface area contributed by atoms with E-state index in [1.165, 1.54) is 17.0 Å². The predicted molar refractivity (Wildman–Crippen MR) is 75.2 cm³/mol. The molecule has 0 spiro atoms. The molecule has 6 N–H and O–H groups in total. The smallest absolute Gasteiger partial charge is 0.224 e. The molecule has 0 aliphatic carbocycles. The molecule has 0 radical (unpaired) electrons. The van der Waals surface area contributed by atoms with E-state index in [0.29, 0.717) is 0 Å². The van der Waals surface area contributed by atoms with Crippen LogP contribution in [0, 0.1) is 0 Å². The summed E-state index contributed by atoms with van der Waals surface area (Å²) in [5.74, 6) is -0.0507. The highest BCUT2D eigenvalue weighted by Gasteiger charge is 2.54. The third-order valence-electron chi connectivity index (χ3n) is 3.75. The number of fused-ring (bicyclic) bond motifs is 1. The fourth-order valence-corrected chi connectivity index (χ4v) is 2.50. The summed E-state index contributed by atoms with van der Waals surface area (Å²) in [6.07, 6.45) is -2.26. The Labute approximate surface area is 124 Å². The Kier molecular flexibility index (Phi) is 3.24. The number of nitrogen functional groups attached to an aromatic ring is 2. The van der Waals surface area contributed by atoms with Gasteiger partial charge in [-0.2, -0.15) is 9.97 Å². The molecule has 3 heterocycles. The normalized spacial score (nSPS) is 31.7. The molecule has 3 rings (SSSR count). The highest BCUT2D eigenvalue weighted by Crippen LogP contribution is 2.40. The first-order chi connectivity index (χ1) is 10.4. The zero-order chi connectivity index (χ0) is 16.1. The minimum absolute atomic E-state index is 0.0485. The molecule has 9 nitrogen and oxygen atoms in total. The zero-order valence-electron chi connectivity index (χ0n) is 11.4. The van der Waals surface area contributed by atoms with Crippen molar-refractivity contribution in [2.75, 3.05) is 18.1 Å². The quantitative estimate of drug-likeness (QED) is 0.535. The maximum absolute atomic E-state index is 14.5. The van der Waals surface area contributed by atoms with Crippen molar-refractivity contribution in [3.05, 3.63) is 19.0 Å². The van der Waals surface area contributed by atoms with Gasteiger partial charge < -0.3 is 26.4 Å². The first-order valence-electron chi connectivity index (χ1n) is 6.43. The molecular weight excluding hydrogens is 295 g/mol. The molecule has 1 aliphatic heterocycles. The fraction of sp³-hybridized carbons (Fsp3) is 0.417. The van der Waals surface area contributed by atoms with Gasteiger partial charge in [-0.1, -0.05) is 6.08 Å². The summed E-state index contributed by atoms with van der Waals surface area (Å²) in [7, 11) is 0. The molecule has 2 aromatic rings. The van der Waals surface area contributed by atoms with Gasteiger partial charge in [-0.05, 0) is 0 Å². The molecule has 118 valence electrons. The number of nitrogens with two attached hydrogens (primary N) is 2. The van der Waals surface area contributed by atoms with Gasteiger partial charge in [0.1, 0.15) is 17.2 Å². The third-order valence-corrected chi connectivity index (χ3v) is 3.75. The van der Waals surface area contributed by atoms with Gasteiger partial charge in [0.15, 0.2) is 23.9 Å². The second-order valence-electron chi connectivity index (χ2n) is 5.01. The zero-order valence-corrected chi connectivity index (χ0v) is 11.4. The number of alkyl halides is 1. The Morgan fingerprint density at radius 3 is 2.82 bits per heavy atom. The highest BCUT2D eigenvalue weighted by molar-refractivity contribution is 5.82. The molecule has 22 heavy (non-hydrogen) atoms. The summed E-state index contributed by atoms with van der Waals surface area (Å²) in [5.41, 5.74) is 10.0. The van der Waals surface area contributed by atoms with E-state index in [2.05, 4.69) is 21.5 Å². The number of hydrogen-bond acceptors (Lipinski definition) is 8. The SMILES string of the molecule is C=C[C@]1(CO)O[C@@H](n2cnc3c(N)nc(N)nc32)[C@H](F)[C@@H]1O. The van der Waals surface area contributed by atoms with Gasteiger partial charge in [0.05, 0.1) is 12.9 Å². The Morgan fingerprint density at radius 1 is 1.50 bits per heavy atom. The lowest BCUT2D eigenvalue weighted by molar-refractivity contribution is -0.0960. The molecule has 4 atom stereocenters. The average molecular weight is 310 g/mol. The molecule has 0 saturated carbocycles. The van der Waals surface area contributed by atoms with Crippen LogP contribution in [-0.2, 0) is 4.74 Å². The monoisotopic (exact) mass is 310 g/mol. The molecule has 0 bridgehead atoms. The maximum Gasteiger partial charge on any atom is 0.224 e. The van der Waals surface area contributed by atoms with Crippen LogP contribution in [-0.4, -0.2) is 54.2 Å². The standard InChI is InChI=1S/C12H15FN6O3/c1-2-12(3-20)7(21)5(13)10(22-12)19-4-16-6-8(14)17-11(15)18-9(6)19/h2,4-5,7,10,20-21H,1,3H2,(H4,14,15,17,18)/t5-,7+,10-,12-/m1/s1. The van der Waals surface area contributed by atoms with E-state index in [4.69, 9.17) is 16.2 Å². The van der Waals surface area contributed by atoms with Gasteiger partial charge in [0, 0.05) is 0 Å². The van der Waals surface area contributed by atoms with Gasteiger partial charge in [-0.15, -0.1) is 6.58 Å². The van der Waals surface area contributed by atoms with Crippen LogP contribution in [0.4, 0.5) is 16.2 Å². The van der Waals surface area contributed by atoms with E-state index in [1.54, 1.807) is 0 Å². The number of nitrogens with zero attached hydrogens (tertiary/aromatic N) is 4. The summed E-state index contributed by atoms with van der Waals surface area (Å²) in [5, 5.41) is 19.4. The first kappa shape index (κ1) is 14.6. The van der Waals surface area contributed by atoms with Crippen molar-refractivity contribution in [2.45, 2.75) is 24.1 Å². The Bertz CT molecular complexity index is 737. The van der Waals surface area contributed by atoms with E-state index in [0.717, 1.165) is 0 Å². The lowest BCUT2D eigenvalue weighted by Gasteiger charge is -2.25. The van der Waals surface area contributed by atoms with Crippen molar-refractivity contribution in [3.8, 4) is 0 Å². The summed E-state index contributed by atoms with van der Waals surface area (Å²) in [6, 6.07) is 0. The molecule has 10 heteroatoms. The van der Waals surface area contributed by atoms with E-state index in [1.807, 2.05) is 0 Å². The van der Waals surface area contributed by atoms with Gasteiger partial charge in [0.2, 0.25) is 5.95 Å². The fourth-order valence-electron chi connectivity index (χ4n) is 2.50.